The standard InChI is InChI=1S/C44H55F5N6O8S/c1-43(2,3)40(41-52-34(32-25-31(45)14-15-33(32)46)27-53(41)26-30-11-6-4-7-12-30)54(36(57)13-8-5-9-24-64-29-35(56)51-19-10-18-50)20-21-61-22-23-62-28-39(63-42(60)44(47,48)49)55-37(58)16-17-38(55)59/h4,6-7,11-12,14-17,25,27,39-40H,5,8-10,13,18-24,26,28-29,50H2,1-3H3,(H,51,56)/t39?,40-/m0/s1. The maximum absolute atomic E-state index is 15.2. The van der Waals surface area contributed by atoms with E-state index in [0.717, 1.165) is 42.3 Å². The van der Waals surface area contributed by atoms with Gasteiger partial charge in [0, 0.05) is 50.0 Å². The minimum atomic E-state index is -5.40. The average Bonchev–Trinajstić information content (AvgIpc) is 3.80. The summed E-state index contributed by atoms with van der Waals surface area (Å²) < 4.78 is 86.1. The second-order valence-electron chi connectivity index (χ2n) is 15.9. The number of carbonyl (C=O) groups is 5. The lowest BCUT2D eigenvalue weighted by Crippen LogP contribution is -2.47. The topological polar surface area (TPSA) is 175 Å². The summed E-state index contributed by atoms with van der Waals surface area (Å²) in [5, 5.41) is 2.82. The van der Waals surface area contributed by atoms with Gasteiger partial charge in [-0.3, -0.25) is 19.2 Å². The van der Waals surface area contributed by atoms with Crippen molar-refractivity contribution in [3.8, 4) is 11.3 Å². The number of halogens is 5. The molecule has 3 aromatic rings. The van der Waals surface area contributed by atoms with Crippen LogP contribution in [0.3, 0.4) is 0 Å². The Morgan fingerprint density at radius 2 is 1.62 bits per heavy atom. The molecule has 3 N–H and O–H groups in total. The number of imide groups is 1. The van der Waals surface area contributed by atoms with Crippen molar-refractivity contribution >= 4 is 41.4 Å². The fraction of sp³-hybridized carbons (Fsp3) is 0.500. The second-order valence-corrected chi connectivity index (χ2v) is 17.0. The van der Waals surface area contributed by atoms with Gasteiger partial charge in [-0.05, 0) is 60.7 Å². The number of carbonyl (C=O) groups excluding carboxylic acids is 5. The number of nitrogens with one attached hydrogen (secondary N) is 1. The molecule has 0 saturated heterocycles. The number of rotatable bonds is 26. The van der Waals surface area contributed by atoms with Crippen molar-refractivity contribution in [3.63, 3.8) is 0 Å². The lowest BCUT2D eigenvalue weighted by molar-refractivity contribution is -0.216. The molecule has 0 bridgehead atoms. The molecule has 0 spiro atoms. The second kappa shape index (κ2) is 24.8. The van der Waals surface area contributed by atoms with E-state index >= 15 is 4.39 Å². The maximum atomic E-state index is 15.2. The molecule has 4 amide bonds. The highest BCUT2D eigenvalue weighted by atomic mass is 32.2. The van der Waals surface area contributed by atoms with E-state index in [2.05, 4.69) is 10.1 Å². The number of alkyl halides is 3. The van der Waals surface area contributed by atoms with E-state index in [9.17, 15) is 41.5 Å². The molecule has 0 fully saturated rings. The van der Waals surface area contributed by atoms with Crippen molar-refractivity contribution in [1.82, 2.24) is 24.7 Å². The highest BCUT2D eigenvalue weighted by molar-refractivity contribution is 7.99. The first kappa shape index (κ1) is 51.5. The van der Waals surface area contributed by atoms with Gasteiger partial charge in [0.1, 0.15) is 24.1 Å². The molecule has 0 saturated carbocycles. The molecule has 2 heterocycles. The van der Waals surface area contributed by atoms with E-state index < -0.39 is 59.9 Å². The first-order valence-electron chi connectivity index (χ1n) is 20.8. The number of unbranched alkanes of at least 4 members (excludes halogenated alkanes) is 2. The molecular formula is C44H55F5N6O8S. The summed E-state index contributed by atoms with van der Waals surface area (Å²) in [7, 11) is 0. The van der Waals surface area contributed by atoms with Gasteiger partial charge in [0.25, 0.3) is 11.8 Å². The largest absolute Gasteiger partial charge is 0.491 e. The number of hydrogen-bond acceptors (Lipinski definition) is 11. The fourth-order valence-electron chi connectivity index (χ4n) is 6.73. The van der Waals surface area contributed by atoms with Gasteiger partial charge in [0.2, 0.25) is 18.0 Å². The number of aromatic nitrogens is 2. The summed E-state index contributed by atoms with van der Waals surface area (Å²) in [5.74, 6) is -4.79. The van der Waals surface area contributed by atoms with Gasteiger partial charge >= 0.3 is 12.1 Å². The first-order chi connectivity index (χ1) is 30.4. The Kier molecular flexibility index (Phi) is 19.9. The van der Waals surface area contributed by atoms with Gasteiger partial charge in [-0.25, -0.2) is 23.5 Å². The number of imidazole rings is 1. The molecular weight excluding hydrogens is 868 g/mol. The molecule has 1 aliphatic heterocycles. The van der Waals surface area contributed by atoms with Gasteiger partial charge in [-0.2, -0.15) is 24.9 Å². The van der Waals surface area contributed by atoms with Crippen LogP contribution >= 0.6 is 11.8 Å². The van der Waals surface area contributed by atoms with Crippen molar-refractivity contribution in [2.75, 3.05) is 57.6 Å². The average molecular weight is 923 g/mol. The van der Waals surface area contributed by atoms with Crippen molar-refractivity contribution in [3.05, 3.63) is 89.9 Å². The third-order valence-corrected chi connectivity index (χ3v) is 10.8. The first-order valence-corrected chi connectivity index (χ1v) is 21.9. The van der Waals surface area contributed by atoms with Crippen LogP contribution in [0.25, 0.3) is 11.3 Å². The molecule has 2 aromatic carbocycles. The number of amides is 4. The Morgan fingerprint density at radius 3 is 2.30 bits per heavy atom. The molecule has 1 unspecified atom stereocenters. The Balaban J connectivity index is 1.51. The van der Waals surface area contributed by atoms with Crippen LogP contribution in [0, 0.1) is 17.0 Å². The molecule has 1 aromatic heterocycles. The third-order valence-electron chi connectivity index (χ3n) is 9.73. The number of hydrogen-bond donors (Lipinski definition) is 2. The number of nitrogens with two attached hydrogens (primary N) is 1. The highest BCUT2D eigenvalue weighted by Crippen LogP contribution is 2.40. The summed E-state index contributed by atoms with van der Waals surface area (Å²) in [6.45, 7) is 5.83. The highest BCUT2D eigenvalue weighted by Gasteiger charge is 2.45. The molecule has 0 radical (unpaired) electrons. The van der Waals surface area contributed by atoms with Crippen molar-refractivity contribution < 1.29 is 60.1 Å². The van der Waals surface area contributed by atoms with Crippen LogP contribution in [0.15, 0.2) is 66.9 Å². The normalized spacial score (nSPS) is 13.9. The molecule has 4 rings (SSSR count). The number of benzene rings is 2. The summed E-state index contributed by atoms with van der Waals surface area (Å²) >= 11 is 1.50. The molecule has 350 valence electrons. The van der Waals surface area contributed by atoms with E-state index in [0.29, 0.717) is 54.6 Å². The predicted octanol–water partition coefficient (Wildman–Crippen LogP) is 5.94. The number of ether oxygens (including phenoxy) is 3. The quantitative estimate of drug-likeness (QED) is 0.0422. The van der Waals surface area contributed by atoms with Crippen LogP contribution in [0.5, 0.6) is 0 Å². The number of thioether (sulfide) groups is 1. The summed E-state index contributed by atoms with van der Waals surface area (Å²) in [6, 6.07) is 11.8. The third kappa shape index (κ3) is 15.8. The Hall–Kier alpha value is -5.18. The predicted molar refractivity (Wildman–Crippen MR) is 228 cm³/mol. The van der Waals surface area contributed by atoms with E-state index in [4.69, 9.17) is 20.2 Å². The SMILES string of the molecule is CC(C)(C)[C@H](c1nc(-c2cc(F)ccc2F)cn1Cc1ccccc1)N(CCOCCOCC(OC(=O)C(F)(F)F)N1C(=O)C=CC1=O)C(=O)CCCCCSCC(=O)NCCCN. The van der Waals surface area contributed by atoms with Crippen LogP contribution in [0.2, 0.25) is 0 Å². The maximum Gasteiger partial charge on any atom is 0.491 e. The van der Waals surface area contributed by atoms with Crippen LogP contribution in [-0.4, -0.2) is 119 Å². The van der Waals surface area contributed by atoms with Crippen molar-refractivity contribution in [2.45, 2.75) is 77.9 Å². The molecule has 14 nitrogen and oxygen atoms in total. The van der Waals surface area contributed by atoms with E-state index in [-0.39, 0.29) is 62.4 Å². The van der Waals surface area contributed by atoms with Crippen LogP contribution < -0.4 is 11.1 Å². The zero-order valence-corrected chi connectivity index (χ0v) is 36.9. The van der Waals surface area contributed by atoms with E-state index in [1.165, 1.54) is 11.8 Å². The summed E-state index contributed by atoms with van der Waals surface area (Å²) in [6.07, 6.45) is -1.30. The zero-order valence-electron chi connectivity index (χ0n) is 36.0. The van der Waals surface area contributed by atoms with E-state index in [1.807, 2.05) is 55.7 Å². The minimum absolute atomic E-state index is 0.0199. The zero-order chi connectivity index (χ0) is 46.9. The minimum Gasteiger partial charge on any atom is -0.432 e. The van der Waals surface area contributed by atoms with Crippen LogP contribution in [-0.2, 0) is 44.7 Å². The molecule has 20 heteroatoms. The monoisotopic (exact) mass is 922 g/mol. The van der Waals surface area contributed by atoms with Crippen molar-refractivity contribution in [1.29, 1.82) is 0 Å². The Bertz CT molecular complexity index is 2050. The lowest BCUT2D eigenvalue weighted by Gasteiger charge is -2.40. The van der Waals surface area contributed by atoms with Crippen LogP contribution in [0.4, 0.5) is 22.0 Å². The lowest BCUT2D eigenvalue weighted by atomic mass is 9.84. The van der Waals surface area contributed by atoms with Crippen LogP contribution in [0.1, 0.15) is 70.3 Å². The van der Waals surface area contributed by atoms with Crippen molar-refractivity contribution in [2.24, 2.45) is 11.1 Å². The van der Waals surface area contributed by atoms with E-state index in [1.54, 1.807) is 11.1 Å². The Labute approximate surface area is 373 Å². The van der Waals surface area contributed by atoms with Gasteiger partial charge < -0.3 is 34.7 Å². The molecule has 0 aliphatic carbocycles. The fourth-order valence-corrected chi connectivity index (χ4v) is 7.57. The molecule has 64 heavy (non-hydrogen) atoms. The smallest absolute Gasteiger partial charge is 0.432 e. The van der Waals surface area contributed by atoms with Gasteiger partial charge in [0.05, 0.1) is 37.3 Å². The summed E-state index contributed by atoms with van der Waals surface area (Å²) in [5.41, 5.74) is 5.78. The number of esters is 1. The van der Waals surface area contributed by atoms with Gasteiger partial charge in [0.15, 0.2) is 0 Å². The molecule has 1 aliphatic rings. The Morgan fingerprint density at radius 1 is 0.922 bits per heavy atom. The van der Waals surface area contributed by atoms with Gasteiger partial charge in [-0.15, -0.1) is 0 Å². The molecule has 2 atom stereocenters. The summed E-state index contributed by atoms with van der Waals surface area (Å²) in [4.78, 5) is 69.2. The van der Waals surface area contributed by atoms with Gasteiger partial charge in [-0.1, -0.05) is 57.5 Å². The number of nitrogens with zero attached hydrogens (tertiary/aromatic N) is 4.